The topological polar surface area (TPSA) is 83.7 Å². The highest BCUT2D eigenvalue weighted by atomic mass is 32.1. The van der Waals surface area contributed by atoms with Gasteiger partial charge in [0, 0.05) is 23.6 Å². The number of nitrogens with one attached hydrogen (secondary N) is 1. The molecule has 1 aromatic carbocycles. The fourth-order valence-electron chi connectivity index (χ4n) is 3.98. The van der Waals surface area contributed by atoms with Gasteiger partial charge >= 0.3 is 0 Å². The van der Waals surface area contributed by atoms with Crippen molar-refractivity contribution >= 4 is 32.7 Å². The van der Waals surface area contributed by atoms with Crippen LogP contribution < -0.4 is 10.1 Å². The Labute approximate surface area is 178 Å². The third-order valence-corrected chi connectivity index (χ3v) is 6.53. The molecule has 0 saturated carbocycles. The van der Waals surface area contributed by atoms with Crippen LogP contribution in [0, 0.1) is 5.92 Å². The molecule has 7 nitrogen and oxygen atoms in total. The largest absolute Gasteiger partial charge is 0.460 e. The zero-order chi connectivity index (χ0) is 20.5. The van der Waals surface area contributed by atoms with E-state index in [0.29, 0.717) is 22.5 Å². The number of pyridine rings is 1. The fourth-order valence-corrected chi connectivity index (χ4v) is 4.78. The van der Waals surface area contributed by atoms with Crippen molar-refractivity contribution in [2.24, 2.45) is 5.92 Å². The number of fused-ring (bicyclic) bond motifs is 2. The summed E-state index contributed by atoms with van der Waals surface area (Å²) in [5, 5.41) is 14.5. The van der Waals surface area contributed by atoms with Crippen molar-refractivity contribution in [2.75, 3.05) is 20.1 Å². The number of ether oxygens (including phenoxy) is 1. The predicted octanol–water partition coefficient (Wildman–Crippen LogP) is 3.98. The molecule has 4 aromatic rings. The van der Waals surface area contributed by atoms with E-state index < -0.39 is 6.23 Å². The Morgan fingerprint density at radius 1 is 1.30 bits per heavy atom. The van der Waals surface area contributed by atoms with Gasteiger partial charge in [-0.3, -0.25) is 10.2 Å². The van der Waals surface area contributed by atoms with Crippen molar-refractivity contribution in [3.05, 3.63) is 48.4 Å². The van der Waals surface area contributed by atoms with E-state index >= 15 is 0 Å². The lowest BCUT2D eigenvalue weighted by Gasteiger charge is -2.33. The van der Waals surface area contributed by atoms with Gasteiger partial charge in [0.25, 0.3) is 5.19 Å². The van der Waals surface area contributed by atoms with Gasteiger partial charge in [-0.05, 0) is 63.3 Å². The molecular weight excluding hydrogens is 400 g/mol. The smallest absolute Gasteiger partial charge is 0.281 e. The lowest BCUT2D eigenvalue weighted by atomic mass is 9.95. The highest BCUT2D eigenvalue weighted by Crippen LogP contribution is 2.32. The number of likely N-dealkylation sites (tertiary alicyclic amines) is 1. The molecule has 1 fully saturated rings. The molecule has 0 amide bonds. The number of rotatable bonds is 6. The number of hydrogen-bond acceptors (Lipinski definition) is 8. The van der Waals surface area contributed by atoms with Crippen molar-refractivity contribution in [1.29, 1.82) is 0 Å². The number of aliphatic hydroxyl groups is 1. The van der Waals surface area contributed by atoms with E-state index in [9.17, 15) is 5.11 Å². The Kier molecular flexibility index (Phi) is 5.39. The Hall–Kier alpha value is -2.52. The summed E-state index contributed by atoms with van der Waals surface area (Å²) < 4.78 is 13.0. The first kappa shape index (κ1) is 19.4. The zero-order valence-electron chi connectivity index (χ0n) is 16.7. The van der Waals surface area contributed by atoms with Crippen LogP contribution in [-0.4, -0.2) is 46.3 Å². The number of nitrogens with zero attached hydrogens (tertiary/aromatic N) is 3. The molecule has 0 bridgehead atoms. The van der Waals surface area contributed by atoms with Crippen LogP contribution in [-0.2, 0) is 6.54 Å². The maximum Gasteiger partial charge on any atom is 0.281 e. The molecule has 1 saturated heterocycles. The van der Waals surface area contributed by atoms with E-state index in [0.717, 1.165) is 53.9 Å². The van der Waals surface area contributed by atoms with Crippen molar-refractivity contribution in [1.82, 2.24) is 20.2 Å². The van der Waals surface area contributed by atoms with Gasteiger partial charge in [0.2, 0.25) is 0 Å². The average Bonchev–Trinajstić information content (AvgIpc) is 3.36. The fraction of sp³-hybridized carbons (Fsp3) is 0.364. The second-order valence-corrected chi connectivity index (χ2v) is 8.66. The molecule has 2 N–H and O–H groups in total. The first-order chi connectivity index (χ1) is 14.7. The maximum absolute atomic E-state index is 9.96. The van der Waals surface area contributed by atoms with Gasteiger partial charge in [-0.25, -0.2) is 4.98 Å². The van der Waals surface area contributed by atoms with Gasteiger partial charge in [-0.2, -0.15) is 4.98 Å². The van der Waals surface area contributed by atoms with Crippen LogP contribution in [0.1, 0.15) is 18.6 Å². The molecule has 0 spiro atoms. The molecule has 1 unspecified atom stereocenters. The van der Waals surface area contributed by atoms with E-state index in [1.165, 1.54) is 11.3 Å². The summed E-state index contributed by atoms with van der Waals surface area (Å²) in [5.74, 6) is 1.96. The van der Waals surface area contributed by atoms with E-state index in [1.807, 2.05) is 30.3 Å². The SMILES string of the molecule is CNC(O)C1CCN(Cc2cc3ccc(Oc4nc5ncccc5s4)cc3o2)CC1. The molecule has 0 radical (unpaired) electrons. The molecule has 8 heteroatoms. The molecule has 3 aromatic heterocycles. The summed E-state index contributed by atoms with van der Waals surface area (Å²) in [5.41, 5.74) is 1.51. The van der Waals surface area contributed by atoms with Crippen LogP contribution >= 0.6 is 11.3 Å². The minimum absolute atomic E-state index is 0.319. The number of hydrogen-bond donors (Lipinski definition) is 2. The molecule has 1 aliphatic heterocycles. The van der Waals surface area contributed by atoms with Crippen molar-refractivity contribution in [2.45, 2.75) is 25.6 Å². The third kappa shape index (κ3) is 4.04. The van der Waals surface area contributed by atoms with Crippen molar-refractivity contribution in [3.63, 3.8) is 0 Å². The average molecular weight is 425 g/mol. The van der Waals surface area contributed by atoms with E-state index in [1.54, 1.807) is 13.2 Å². The molecule has 1 aliphatic rings. The van der Waals surface area contributed by atoms with Crippen LogP contribution in [0.5, 0.6) is 10.9 Å². The van der Waals surface area contributed by atoms with Gasteiger partial charge in [-0.15, -0.1) is 0 Å². The number of thiazole rings is 1. The maximum atomic E-state index is 9.96. The van der Waals surface area contributed by atoms with Crippen LogP contribution in [0.4, 0.5) is 0 Å². The first-order valence-electron chi connectivity index (χ1n) is 10.2. The molecule has 1 atom stereocenters. The highest BCUT2D eigenvalue weighted by Gasteiger charge is 2.24. The number of aromatic nitrogens is 2. The van der Waals surface area contributed by atoms with Crippen molar-refractivity contribution < 1.29 is 14.3 Å². The number of piperidine rings is 1. The molecule has 5 rings (SSSR count). The molecule has 4 heterocycles. The van der Waals surface area contributed by atoms with E-state index in [2.05, 4.69) is 26.3 Å². The van der Waals surface area contributed by atoms with Gasteiger partial charge in [0.05, 0.1) is 11.2 Å². The minimum atomic E-state index is -0.414. The molecule has 0 aliphatic carbocycles. The molecular formula is C22H24N4O3S. The van der Waals surface area contributed by atoms with Gasteiger partial charge < -0.3 is 14.3 Å². The second kappa shape index (κ2) is 8.31. The van der Waals surface area contributed by atoms with Crippen molar-refractivity contribution in [3.8, 4) is 10.9 Å². The minimum Gasteiger partial charge on any atom is -0.460 e. The van der Waals surface area contributed by atoms with E-state index in [-0.39, 0.29) is 0 Å². The third-order valence-electron chi connectivity index (χ3n) is 5.65. The monoisotopic (exact) mass is 424 g/mol. The Bertz CT molecular complexity index is 1120. The van der Waals surface area contributed by atoms with Crippen LogP contribution in [0.15, 0.2) is 47.0 Å². The summed E-state index contributed by atoms with van der Waals surface area (Å²) >= 11 is 1.47. The normalized spacial score (nSPS) is 17.0. The van der Waals surface area contributed by atoms with Crippen LogP contribution in [0.2, 0.25) is 0 Å². The summed E-state index contributed by atoms with van der Waals surface area (Å²) in [4.78, 5) is 11.0. The lowest BCUT2D eigenvalue weighted by molar-refractivity contribution is 0.0384. The number of benzene rings is 1. The van der Waals surface area contributed by atoms with Crippen LogP contribution in [0.25, 0.3) is 21.3 Å². The summed E-state index contributed by atoms with van der Waals surface area (Å²) in [7, 11) is 1.80. The second-order valence-electron chi connectivity index (χ2n) is 7.67. The Morgan fingerprint density at radius 2 is 2.17 bits per heavy atom. The summed E-state index contributed by atoms with van der Waals surface area (Å²) in [6, 6.07) is 11.8. The molecule has 156 valence electrons. The Balaban J connectivity index is 1.26. The van der Waals surface area contributed by atoms with Crippen LogP contribution in [0.3, 0.4) is 0 Å². The highest BCUT2D eigenvalue weighted by molar-refractivity contribution is 7.20. The Morgan fingerprint density at radius 3 is 2.97 bits per heavy atom. The standard InChI is InChI=1S/C22H24N4O3S/c1-23-21(27)14-6-9-26(10-7-14)13-17-11-15-4-5-16(12-18(15)28-17)29-22-25-20-19(30-22)3-2-8-24-20/h2-5,8,11-12,14,21,23,27H,6-7,9-10,13H2,1H3. The summed E-state index contributed by atoms with van der Waals surface area (Å²) in [6.45, 7) is 2.69. The zero-order valence-corrected chi connectivity index (χ0v) is 17.6. The van der Waals surface area contributed by atoms with Gasteiger partial charge in [0.1, 0.15) is 23.3 Å². The lowest BCUT2D eigenvalue weighted by Crippen LogP contribution is -2.41. The quantitative estimate of drug-likeness (QED) is 0.453. The number of furan rings is 1. The van der Waals surface area contributed by atoms with Gasteiger partial charge in [-0.1, -0.05) is 11.3 Å². The number of aliphatic hydroxyl groups excluding tert-OH is 1. The van der Waals surface area contributed by atoms with Gasteiger partial charge in [0.15, 0.2) is 5.65 Å². The predicted molar refractivity (Wildman–Crippen MR) is 117 cm³/mol. The summed E-state index contributed by atoms with van der Waals surface area (Å²) in [6.07, 6.45) is 3.28. The molecule has 30 heavy (non-hydrogen) atoms. The first-order valence-corrected chi connectivity index (χ1v) is 11.0. The van der Waals surface area contributed by atoms with E-state index in [4.69, 9.17) is 9.15 Å².